The molecule has 1 saturated heterocycles. The van der Waals surface area contributed by atoms with Gasteiger partial charge in [-0.2, -0.15) is 0 Å². The Kier molecular flexibility index (Phi) is 4.22. The van der Waals surface area contributed by atoms with Gasteiger partial charge in [0.05, 0.1) is 6.54 Å². The maximum absolute atomic E-state index is 12.3. The van der Waals surface area contributed by atoms with Gasteiger partial charge >= 0.3 is 0 Å². The lowest BCUT2D eigenvalue weighted by Crippen LogP contribution is -2.37. The number of hydrogen-bond acceptors (Lipinski definition) is 3. The fourth-order valence-corrected chi connectivity index (χ4v) is 2.74. The van der Waals surface area contributed by atoms with Crippen LogP contribution in [0.4, 0.5) is 0 Å². The Labute approximate surface area is 130 Å². The highest BCUT2D eigenvalue weighted by atomic mass is 16.5. The predicted octanol–water partition coefficient (Wildman–Crippen LogP) is 2.32. The van der Waals surface area contributed by atoms with Gasteiger partial charge in [0, 0.05) is 7.05 Å². The number of rotatable bonds is 2. The zero-order valence-corrected chi connectivity index (χ0v) is 12.4. The first-order valence-electron chi connectivity index (χ1n) is 7.35. The van der Waals surface area contributed by atoms with Gasteiger partial charge in [-0.05, 0) is 11.1 Å². The summed E-state index contributed by atoms with van der Waals surface area (Å²) in [5.41, 5.74) is 1.80. The summed E-state index contributed by atoms with van der Waals surface area (Å²) in [5, 5.41) is 10.4. The van der Waals surface area contributed by atoms with Crippen LogP contribution in [0, 0.1) is 0 Å². The summed E-state index contributed by atoms with van der Waals surface area (Å²) in [6.07, 6.45) is -2.12. The molecule has 0 aliphatic carbocycles. The summed E-state index contributed by atoms with van der Waals surface area (Å²) < 4.78 is 6.12. The monoisotopic (exact) mass is 297 g/mol. The van der Waals surface area contributed by atoms with Crippen molar-refractivity contribution in [1.29, 1.82) is 0 Å². The third kappa shape index (κ3) is 2.89. The predicted molar refractivity (Wildman–Crippen MR) is 83.1 cm³/mol. The Morgan fingerprint density at radius 1 is 1.00 bits per heavy atom. The molecule has 2 aromatic rings. The van der Waals surface area contributed by atoms with E-state index < -0.39 is 12.2 Å². The molecule has 1 amide bonds. The highest BCUT2D eigenvalue weighted by Gasteiger charge is 2.37. The van der Waals surface area contributed by atoms with Gasteiger partial charge in [-0.3, -0.25) is 4.79 Å². The third-order valence-corrected chi connectivity index (χ3v) is 3.97. The van der Waals surface area contributed by atoms with Crippen molar-refractivity contribution in [2.24, 2.45) is 0 Å². The normalized spacial score (nSPS) is 25.8. The van der Waals surface area contributed by atoms with Gasteiger partial charge in [-0.1, -0.05) is 60.7 Å². The van der Waals surface area contributed by atoms with E-state index in [0.717, 1.165) is 11.1 Å². The second-order valence-corrected chi connectivity index (χ2v) is 5.53. The molecule has 0 unspecified atom stereocenters. The SMILES string of the molecule is CN1C[C@H](c2ccccc2)O[C@@H](c2ccccc2)[C@H](O)C1=O. The molecule has 22 heavy (non-hydrogen) atoms. The molecule has 0 aromatic heterocycles. The third-order valence-electron chi connectivity index (χ3n) is 3.97. The van der Waals surface area contributed by atoms with E-state index in [1.54, 1.807) is 7.05 Å². The van der Waals surface area contributed by atoms with E-state index in [9.17, 15) is 9.90 Å². The Hall–Kier alpha value is -2.17. The minimum Gasteiger partial charge on any atom is -0.380 e. The van der Waals surface area contributed by atoms with Crippen molar-refractivity contribution in [2.45, 2.75) is 18.3 Å². The van der Waals surface area contributed by atoms with Crippen LogP contribution in [0.1, 0.15) is 23.3 Å². The molecule has 4 nitrogen and oxygen atoms in total. The molecule has 114 valence electrons. The second-order valence-electron chi connectivity index (χ2n) is 5.53. The van der Waals surface area contributed by atoms with Crippen LogP contribution in [0.5, 0.6) is 0 Å². The Balaban J connectivity index is 1.96. The van der Waals surface area contributed by atoms with Gasteiger partial charge < -0.3 is 14.7 Å². The Morgan fingerprint density at radius 2 is 1.55 bits per heavy atom. The average molecular weight is 297 g/mol. The summed E-state index contributed by atoms with van der Waals surface area (Å²) in [4.78, 5) is 13.8. The first-order valence-corrected chi connectivity index (χ1v) is 7.35. The van der Waals surface area contributed by atoms with Crippen LogP contribution in [-0.2, 0) is 9.53 Å². The van der Waals surface area contributed by atoms with Crippen molar-refractivity contribution >= 4 is 5.91 Å². The van der Waals surface area contributed by atoms with E-state index in [0.29, 0.717) is 6.54 Å². The van der Waals surface area contributed by atoms with Crippen molar-refractivity contribution in [3.63, 3.8) is 0 Å². The zero-order chi connectivity index (χ0) is 15.5. The number of carbonyl (C=O) groups is 1. The number of hydrogen-bond donors (Lipinski definition) is 1. The number of ether oxygens (including phenoxy) is 1. The maximum atomic E-state index is 12.3. The van der Waals surface area contributed by atoms with Crippen LogP contribution in [0.15, 0.2) is 60.7 Å². The molecule has 1 fully saturated rings. The lowest BCUT2D eigenvalue weighted by atomic mass is 10.0. The quantitative estimate of drug-likeness (QED) is 0.925. The molecule has 1 N–H and O–H groups in total. The first-order chi connectivity index (χ1) is 10.7. The van der Waals surface area contributed by atoms with Gasteiger partial charge in [0.25, 0.3) is 5.91 Å². The van der Waals surface area contributed by atoms with Gasteiger partial charge in [0.15, 0.2) is 6.10 Å². The summed E-state index contributed by atoms with van der Waals surface area (Å²) in [6, 6.07) is 19.2. The van der Waals surface area contributed by atoms with E-state index in [1.807, 2.05) is 60.7 Å². The minimum atomic E-state index is -1.19. The van der Waals surface area contributed by atoms with Crippen LogP contribution >= 0.6 is 0 Å². The van der Waals surface area contributed by atoms with Gasteiger partial charge in [0.1, 0.15) is 12.2 Å². The summed E-state index contributed by atoms with van der Waals surface area (Å²) in [7, 11) is 1.69. The van der Waals surface area contributed by atoms with Crippen LogP contribution in [0.2, 0.25) is 0 Å². The van der Waals surface area contributed by atoms with Crippen molar-refractivity contribution in [3.05, 3.63) is 71.8 Å². The molecule has 4 heteroatoms. The van der Waals surface area contributed by atoms with E-state index in [-0.39, 0.29) is 12.0 Å². The van der Waals surface area contributed by atoms with Crippen LogP contribution in [0.3, 0.4) is 0 Å². The summed E-state index contributed by atoms with van der Waals surface area (Å²) in [6.45, 7) is 0.420. The zero-order valence-electron chi connectivity index (χ0n) is 12.4. The van der Waals surface area contributed by atoms with E-state index in [4.69, 9.17) is 4.74 Å². The van der Waals surface area contributed by atoms with Crippen LogP contribution in [-0.4, -0.2) is 35.6 Å². The standard InChI is InChI=1S/C18H19NO3/c1-19-12-15(13-8-4-2-5-9-13)22-17(16(20)18(19)21)14-10-6-3-7-11-14/h2-11,15-17,20H,12H2,1H3/t15-,16+,17+/m1/s1. The first kappa shape index (κ1) is 14.8. The fraction of sp³-hybridized carbons (Fsp3) is 0.278. The highest BCUT2D eigenvalue weighted by Crippen LogP contribution is 2.33. The van der Waals surface area contributed by atoms with E-state index in [2.05, 4.69) is 0 Å². The molecule has 1 aliphatic heterocycles. The fourth-order valence-electron chi connectivity index (χ4n) is 2.74. The molecule has 0 saturated carbocycles. The molecule has 1 aliphatic rings. The molecule has 1 heterocycles. The second kappa shape index (κ2) is 6.30. The van der Waals surface area contributed by atoms with Crippen molar-refractivity contribution < 1.29 is 14.6 Å². The van der Waals surface area contributed by atoms with Crippen molar-refractivity contribution in [3.8, 4) is 0 Å². The number of benzene rings is 2. The van der Waals surface area contributed by atoms with Crippen molar-refractivity contribution in [1.82, 2.24) is 4.90 Å². The van der Waals surface area contributed by atoms with Crippen LogP contribution in [0.25, 0.3) is 0 Å². The van der Waals surface area contributed by atoms with Crippen LogP contribution < -0.4 is 0 Å². The molecular weight excluding hydrogens is 278 g/mol. The number of aliphatic hydroxyl groups excluding tert-OH is 1. The Morgan fingerprint density at radius 3 is 2.14 bits per heavy atom. The molecule has 0 spiro atoms. The molecule has 3 rings (SSSR count). The number of likely N-dealkylation sites (N-methyl/N-ethyl adjacent to an activating group) is 1. The maximum Gasteiger partial charge on any atom is 0.254 e. The molecule has 0 bridgehead atoms. The molecule has 3 atom stereocenters. The lowest BCUT2D eigenvalue weighted by molar-refractivity contribution is -0.142. The topological polar surface area (TPSA) is 49.8 Å². The molecule has 2 aromatic carbocycles. The number of amides is 1. The number of carbonyl (C=O) groups excluding carboxylic acids is 1. The van der Waals surface area contributed by atoms with Crippen molar-refractivity contribution in [2.75, 3.05) is 13.6 Å². The largest absolute Gasteiger partial charge is 0.380 e. The molecule has 0 radical (unpaired) electrons. The summed E-state index contributed by atoms with van der Waals surface area (Å²) >= 11 is 0. The number of aliphatic hydroxyl groups is 1. The van der Waals surface area contributed by atoms with E-state index in [1.165, 1.54) is 4.90 Å². The minimum absolute atomic E-state index is 0.266. The van der Waals surface area contributed by atoms with E-state index >= 15 is 0 Å². The van der Waals surface area contributed by atoms with Gasteiger partial charge in [-0.15, -0.1) is 0 Å². The number of nitrogens with zero attached hydrogens (tertiary/aromatic N) is 1. The molecular formula is C18H19NO3. The van der Waals surface area contributed by atoms with Gasteiger partial charge in [0.2, 0.25) is 0 Å². The van der Waals surface area contributed by atoms with Gasteiger partial charge in [-0.25, -0.2) is 0 Å². The summed E-state index contributed by atoms with van der Waals surface area (Å²) in [5.74, 6) is -0.313. The average Bonchev–Trinajstić information content (AvgIpc) is 2.68. The Bertz CT molecular complexity index is 629. The smallest absolute Gasteiger partial charge is 0.254 e. The lowest BCUT2D eigenvalue weighted by Gasteiger charge is -2.23. The highest BCUT2D eigenvalue weighted by molar-refractivity contribution is 5.81.